The summed E-state index contributed by atoms with van der Waals surface area (Å²) in [5.74, 6) is 0.699. The first kappa shape index (κ1) is 20.8. The van der Waals surface area contributed by atoms with E-state index in [9.17, 15) is 13.2 Å². The SMILES string of the molecule is C[C@H]1C[C@H](C)CN(S(=O)(=O)c2ccc(NC(=O)CSc3nncn3C)cc2)C1. The molecule has 8 nitrogen and oxygen atoms in total. The van der Waals surface area contributed by atoms with Crippen LogP contribution in [0.4, 0.5) is 5.69 Å². The first-order valence-electron chi connectivity index (χ1n) is 9.12. The molecule has 2 atom stereocenters. The number of hydrogen-bond donors (Lipinski definition) is 1. The predicted molar refractivity (Wildman–Crippen MR) is 109 cm³/mol. The quantitative estimate of drug-likeness (QED) is 0.716. The first-order chi connectivity index (χ1) is 13.3. The summed E-state index contributed by atoms with van der Waals surface area (Å²) in [6.07, 6.45) is 2.62. The first-order valence-corrected chi connectivity index (χ1v) is 11.5. The number of hydrogen-bond acceptors (Lipinski definition) is 6. The molecular formula is C18H25N5O3S2. The third kappa shape index (κ3) is 4.92. The fourth-order valence-electron chi connectivity index (χ4n) is 3.39. The molecule has 1 fully saturated rings. The predicted octanol–water partition coefficient (Wildman–Crippen LogP) is 2.21. The van der Waals surface area contributed by atoms with Gasteiger partial charge in [-0.05, 0) is 42.5 Å². The zero-order valence-corrected chi connectivity index (χ0v) is 17.8. The number of aryl methyl sites for hydroxylation is 1. The van der Waals surface area contributed by atoms with Crippen LogP contribution in [-0.4, -0.2) is 52.2 Å². The Morgan fingerprint density at radius 3 is 2.43 bits per heavy atom. The van der Waals surface area contributed by atoms with Crippen LogP contribution in [0, 0.1) is 11.8 Å². The molecule has 0 unspecified atom stereocenters. The lowest BCUT2D eigenvalue weighted by molar-refractivity contribution is -0.113. The van der Waals surface area contributed by atoms with Crippen LogP contribution in [0.5, 0.6) is 0 Å². The number of nitrogens with one attached hydrogen (secondary N) is 1. The van der Waals surface area contributed by atoms with Gasteiger partial charge in [0.2, 0.25) is 15.9 Å². The summed E-state index contributed by atoms with van der Waals surface area (Å²) < 4.78 is 29.1. The number of carbonyl (C=O) groups excluding carboxylic acids is 1. The van der Waals surface area contributed by atoms with Crippen molar-refractivity contribution in [3.63, 3.8) is 0 Å². The van der Waals surface area contributed by atoms with Gasteiger partial charge in [0.15, 0.2) is 5.16 Å². The molecule has 1 saturated heterocycles. The number of anilines is 1. The molecule has 1 aromatic heterocycles. The van der Waals surface area contributed by atoms with E-state index >= 15 is 0 Å². The Hall–Kier alpha value is -1.91. The molecule has 1 aliphatic rings. The van der Waals surface area contributed by atoms with Gasteiger partial charge in [0.1, 0.15) is 6.33 Å². The lowest BCUT2D eigenvalue weighted by atomic mass is 9.94. The molecule has 0 spiro atoms. The Morgan fingerprint density at radius 1 is 1.21 bits per heavy atom. The van der Waals surface area contributed by atoms with Crippen molar-refractivity contribution in [2.24, 2.45) is 18.9 Å². The molecule has 3 rings (SSSR count). The highest BCUT2D eigenvalue weighted by Crippen LogP contribution is 2.27. The average molecular weight is 424 g/mol. The second-order valence-electron chi connectivity index (χ2n) is 7.35. The number of benzene rings is 1. The zero-order valence-electron chi connectivity index (χ0n) is 16.2. The van der Waals surface area contributed by atoms with E-state index < -0.39 is 10.0 Å². The monoisotopic (exact) mass is 423 g/mol. The fourth-order valence-corrected chi connectivity index (χ4v) is 5.76. The van der Waals surface area contributed by atoms with Crippen LogP contribution in [0.15, 0.2) is 40.6 Å². The summed E-state index contributed by atoms with van der Waals surface area (Å²) >= 11 is 1.28. The van der Waals surface area contributed by atoms with Crippen LogP contribution in [0.25, 0.3) is 0 Å². The molecule has 2 heterocycles. The lowest BCUT2D eigenvalue weighted by Gasteiger charge is -2.34. The van der Waals surface area contributed by atoms with E-state index in [2.05, 4.69) is 29.4 Å². The third-order valence-electron chi connectivity index (χ3n) is 4.61. The van der Waals surface area contributed by atoms with Crippen molar-refractivity contribution in [3.05, 3.63) is 30.6 Å². The van der Waals surface area contributed by atoms with Gasteiger partial charge < -0.3 is 9.88 Å². The highest BCUT2D eigenvalue weighted by molar-refractivity contribution is 7.99. The molecule has 0 bridgehead atoms. The van der Waals surface area contributed by atoms with E-state index in [1.807, 2.05) is 7.05 Å². The van der Waals surface area contributed by atoms with E-state index in [0.29, 0.717) is 35.8 Å². The van der Waals surface area contributed by atoms with Crippen molar-refractivity contribution in [3.8, 4) is 0 Å². The molecule has 1 aromatic carbocycles. The van der Waals surface area contributed by atoms with E-state index in [1.54, 1.807) is 39.5 Å². The molecule has 0 aliphatic carbocycles. The summed E-state index contributed by atoms with van der Waals surface area (Å²) in [6, 6.07) is 6.33. The van der Waals surface area contributed by atoms with Gasteiger partial charge in [-0.2, -0.15) is 4.31 Å². The smallest absolute Gasteiger partial charge is 0.243 e. The number of aromatic nitrogens is 3. The topological polar surface area (TPSA) is 97.2 Å². The van der Waals surface area contributed by atoms with E-state index in [4.69, 9.17) is 0 Å². The molecule has 0 radical (unpaired) electrons. The Kier molecular flexibility index (Phi) is 6.41. The number of amides is 1. The largest absolute Gasteiger partial charge is 0.325 e. The van der Waals surface area contributed by atoms with Crippen molar-refractivity contribution in [1.82, 2.24) is 19.1 Å². The van der Waals surface area contributed by atoms with Gasteiger partial charge in [0.05, 0.1) is 10.6 Å². The molecule has 1 amide bonds. The van der Waals surface area contributed by atoms with Crippen molar-refractivity contribution in [1.29, 1.82) is 0 Å². The number of carbonyl (C=O) groups is 1. The van der Waals surface area contributed by atoms with Crippen molar-refractivity contribution < 1.29 is 13.2 Å². The van der Waals surface area contributed by atoms with Crippen LogP contribution in [-0.2, 0) is 21.9 Å². The summed E-state index contributed by atoms with van der Waals surface area (Å²) in [5, 5.41) is 11.1. The van der Waals surface area contributed by atoms with E-state index in [0.717, 1.165) is 6.42 Å². The minimum Gasteiger partial charge on any atom is -0.325 e. The Balaban J connectivity index is 1.61. The van der Waals surface area contributed by atoms with Crippen LogP contribution >= 0.6 is 11.8 Å². The summed E-state index contributed by atoms with van der Waals surface area (Å²) in [5.41, 5.74) is 0.558. The highest BCUT2D eigenvalue weighted by atomic mass is 32.2. The maximum atomic E-state index is 12.9. The molecule has 10 heteroatoms. The van der Waals surface area contributed by atoms with E-state index in [-0.39, 0.29) is 16.6 Å². The number of sulfonamides is 1. The second-order valence-corrected chi connectivity index (χ2v) is 10.2. The lowest BCUT2D eigenvalue weighted by Crippen LogP contribution is -2.42. The Morgan fingerprint density at radius 2 is 1.86 bits per heavy atom. The molecular weight excluding hydrogens is 398 g/mol. The maximum absolute atomic E-state index is 12.9. The molecule has 2 aromatic rings. The number of rotatable bonds is 6. The van der Waals surface area contributed by atoms with Gasteiger partial charge in [0.25, 0.3) is 0 Å². The molecule has 152 valence electrons. The molecule has 0 saturated carbocycles. The minimum absolute atomic E-state index is 0.191. The fraction of sp³-hybridized carbons (Fsp3) is 0.500. The second kappa shape index (κ2) is 8.62. The number of nitrogens with zero attached hydrogens (tertiary/aromatic N) is 4. The summed E-state index contributed by atoms with van der Waals surface area (Å²) in [7, 11) is -1.71. The zero-order chi connectivity index (χ0) is 20.3. The number of piperidine rings is 1. The Labute approximate surface area is 169 Å². The van der Waals surface area contributed by atoms with Crippen molar-refractivity contribution in [2.75, 3.05) is 24.2 Å². The van der Waals surface area contributed by atoms with Gasteiger partial charge in [-0.15, -0.1) is 10.2 Å². The van der Waals surface area contributed by atoms with Crippen LogP contribution in [0.3, 0.4) is 0 Å². The Bertz CT molecular complexity index is 917. The summed E-state index contributed by atoms with van der Waals surface area (Å²) in [4.78, 5) is 12.4. The van der Waals surface area contributed by atoms with Gasteiger partial charge in [-0.3, -0.25) is 4.79 Å². The van der Waals surface area contributed by atoms with Gasteiger partial charge in [-0.1, -0.05) is 25.6 Å². The average Bonchev–Trinajstić information content (AvgIpc) is 3.04. The van der Waals surface area contributed by atoms with Crippen molar-refractivity contribution >= 4 is 33.4 Å². The standard InChI is InChI=1S/C18H25N5O3S2/c1-13-8-14(2)10-23(9-13)28(25,26)16-6-4-15(5-7-16)20-17(24)11-27-18-21-19-12-22(18)3/h4-7,12-14H,8-11H2,1-3H3,(H,20,24)/t13-,14-/m0/s1. The summed E-state index contributed by atoms with van der Waals surface area (Å²) in [6.45, 7) is 5.25. The van der Waals surface area contributed by atoms with Crippen molar-refractivity contribution in [2.45, 2.75) is 30.3 Å². The number of thioether (sulfide) groups is 1. The maximum Gasteiger partial charge on any atom is 0.243 e. The van der Waals surface area contributed by atoms with E-state index in [1.165, 1.54) is 11.8 Å². The minimum atomic E-state index is -3.52. The van der Waals surface area contributed by atoms with Crippen LogP contribution in [0.1, 0.15) is 20.3 Å². The van der Waals surface area contributed by atoms with Gasteiger partial charge in [0, 0.05) is 25.8 Å². The van der Waals surface area contributed by atoms with Crippen LogP contribution in [0.2, 0.25) is 0 Å². The van der Waals surface area contributed by atoms with Crippen LogP contribution < -0.4 is 5.32 Å². The molecule has 1 N–H and O–H groups in total. The van der Waals surface area contributed by atoms with Gasteiger partial charge >= 0.3 is 0 Å². The van der Waals surface area contributed by atoms with Gasteiger partial charge in [-0.25, -0.2) is 8.42 Å². The molecule has 1 aliphatic heterocycles. The third-order valence-corrected chi connectivity index (χ3v) is 7.49. The molecule has 28 heavy (non-hydrogen) atoms. The normalized spacial score (nSPS) is 20.8. The highest BCUT2D eigenvalue weighted by Gasteiger charge is 2.31.